The van der Waals surface area contributed by atoms with E-state index in [9.17, 15) is 4.79 Å². The van der Waals surface area contributed by atoms with Crippen LogP contribution in [0.25, 0.3) is 0 Å². The van der Waals surface area contributed by atoms with Crippen molar-refractivity contribution in [1.82, 2.24) is 14.8 Å². The minimum Gasteiger partial charge on any atom is -0.485 e. The molecule has 0 saturated carbocycles. The second-order valence-corrected chi connectivity index (χ2v) is 7.52. The summed E-state index contributed by atoms with van der Waals surface area (Å²) in [6.45, 7) is 6.58. The van der Waals surface area contributed by atoms with Gasteiger partial charge in [0, 0.05) is 6.54 Å². The number of halogens is 1. The molecule has 1 heterocycles. The minimum absolute atomic E-state index is 0.172. The molecule has 150 valence electrons. The topological polar surface area (TPSA) is 69.0 Å². The quantitative estimate of drug-likeness (QED) is 0.394. The van der Waals surface area contributed by atoms with E-state index in [1.165, 1.54) is 11.8 Å². The van der Waals surface area contributed by atoms with Crippen LogP contribution in [0.1, 0.15) is 11.4 Å². The summed E-state index contributed by atoms with van der Waals surface area (Å²) in [5, 5.41) is 12.4. The van der Waals surface area contributed by atoms with Crippen LogP contribution in [-0.4, -0.2) is 26.4 Å². The first-order valence-electron chi connectivity index (χ1n) is 8.97. The molecule has 0 fully saturated rings. The van der Waals surface area contributed by atoms with Crippen LogP contribution < -0.4 is 10.1 Å². The van der Waals surface area contributed by atoms with Crippen LogP contribution >= 0.6 is 23.4 Å². The molecule has 0 aliphatic rings. The number of nitrogens with one attached hydrogen (secondary N) is 1. The number of aromatic nitrogens is 3. The van der Waals surface area contributed by atoms with Crippen molar-refractivity contribution in [2.75, 3.05) is 11.1 Å². The predicted molar refractivity (Wildman–Crippen MR) is 117 cm³/mol. The molecule has 0 aliphatic heterocycles. The zero-order valence-corrected chi connectivity index (χ0v) is 17.5. The number of amides is 1. The van der Waals surface area contributed by atoms with E-state index in [4.69, 9.17) is 16.3 Å². The van der Waals surface area contributed by atoms with E-state index in [0.717, 1.165) is 11.3 Å². The summed E-state index contributed by atoms with van der Waals surface area (Å²) in [5.41, 5.74) is 1.63. The van der Waals surface area contributed by atoms with Crippen LogP contribution in [0.5, 0.6) is 5.75 Å². The van der Waals surface area contributed by atoms with Crippen molar-refractivity contribution in [3.8, 4) is 5.75 Å². The number of benzene rings is 2. The molecule has 1 aromatic heterocycles. The SMILES string of the molecule is C=CCn1c(COc2ccccc2C)nnc1SCC(=O)Nc1ccccc1Cl. The number of para-hydroxylation sites is 2. The number of anilines is 1. The van der Waals surface area contributed by atoms with Gasteiger partial charge in [0.15, 0.2) is 11.0 Å². The first-order valence-corrected chi connectivity index (χ1v) is 10.3. The molecule has 3 rings (SSSR count). The average molecular weight is 429 g/mol. The summed E-state index contributed by atoms with van der Waals surface area (Å²) < 4.78 is 7.77. The van der Waals surface area contributed by atoms with Crippen LogP contribution in [0.15, 0.2) is 66.3 Å². The van der Waals surface area contributed by atoms with Gasteiger partial charge in [-0.3, -0.25) is 9.36 Å². The normalized spacial score (nSPS) is 10.6. The fraction of sp³-hybridized carbons (Fsp3) is 0.190. The lowest BCUT2D eigenvalue weighted by Gasteiger charge is -2.11. The highest BCUT2D eigenvalue weighted by Crippen LogP contribution is 2.23. The molecule has 0 radical (unpaired) electrons. The predicted octanol–water partition coefficient (Wildman–Crippen LogP) is 4.74. The highest BCUT2D eigenvalue weighted by atomic mass is 35.5. The van der Waals surface area contributed by atoms with E-state index in [1.54, 1.807) is 18.2 Å². The Balaban J connectivity index is 1.63. The Morgan fingerprint density at radius 3 is 2.76 bits per heavy atom. The van der Waals surface area contributed by atoms with Gasteiger partial charge in [-0.1, -0.05) is 59.8 Å². The number of rotatable bonds is 9. The zero-order valence-electron chi connectivity index (χ0n) is 16.0. The smallest absolute Gasteiger partial charge is 0.234 e. The van der Waals surface area contributed by atoms with Crippen molar-refractivity contribution in [2.24, 2.45) is 0 Å². The van der Waals surface area contributed by atoms with Crippen molar-refractivity contribution in [3.63, 3.8) is 0 Å². The van der Waals surface area contributed by atoms with E-state index in [0.29, 0.717) is 28.2 Å². The highest BCUT2D eigenvalue weighted by Gasteiger charge is 2.15. The molecule has 3 aromatic rings. The number of hydrogen-bond donors (Lipinski definition) is 1. The van der Waals surface area contributed by atoms with Gasteiger partial charge in [0.05, 0.1) is 16.5 Å². The van der Waals surface area contributed by atoms with Gasteiger partial charge in [-0.15, -0.1) is 16.8 Å². The number of carbonyl (C=O) groups excluding carboxylic acids is 1. The Bertz CT molecular complexity index is 1010. The number of nitrogens with zero attached hydrogens (tertiary/aromatic N) is 3. The molecule has 8 heteroatoms. The molecule has 0 spiro atoms. The average Bonchev–Trinajstić information content (AvgIpc) is 3.09. The van der Waals surface area contributed by atoms with Crippen molar-refractivity contribution >= 4 is 35.0 Å². The molecule has 0 atom stereocenters. The van der Waals surface area contributed by atoms with Gasteiger partial charge in [-0.25, -0.2) is 0 Å². The van der Waals surface area contributed by atoms with E-state index < -0.39 is 0 Å². The number of ether oxygens (including phenoxy) is 1. The van der Waals surface area contributed by atoms with Crippen LogP contribution in [0.3, 0.4) is 0 Å². The summed E-state index contributed by atoms with van der Waals surface area (Å²) in [7, 11) is 0. The maximum absolute atomic E-state index is 12.3. The van der Waals surface area contributed by atoms with E-state index >= 15 is 0 Å². The first kappa shape index (κ1) is 21.0. The lowest BCUT2D eigenvalue weighted by Crippen LogP contribution is -2.15. The van der Waals surface area contributed by atoms with Crippen LogP contribution in [0.4, 0.5) is 5.69 Å². The fourth-order valence-corrected chi connectivity index (χ4v) is 3.53. The standard InChI is InChI=1S/C21H21ClN4O2S/c1-3-12-26-19(13-28-18-11-7-4-8-15(18)2)24-25-21(26)29-14-20(27)23-17-10-6-5-9-16(17)22/h3-11H,1,12-14H2,2H3,(H,23,27). The number of hydrogen-bond acceptors (Lipinski definition) is 5. The molecule has 1 amide bonds. The highest BCUT2D eigenvalue weighted by molar-refractivity contribution is 7.99. The van der Waals surface area contributed by atoms with E-state index in [1.807, 2.05) is 47.9 Å². The number of allylic oxidation sites excluding steroid dienone is 1. The summed E-state index contributed by atoms with van der Waals surface area (Å²) in [5.74, 6) is 1.48. The van der Waals surface area contributed by atoms with Crippen LogP contribution in [-0.2, 0) is 17.9 Å². The molecule has 29 heavy (non-hydrogen) atoms. The third kappa shape index (κ3) is 5.62. The van der Waals surface area contributed by atoms with Gasteiger partial charge < -0.3 is 10.1 Å². The third-order valence-corrected chi connectivity index (χ3v) is 5.33. The Kier molecular flexibility index (Phi) is 7.32. The molecular formula is C21H21ClN4O2S. The number of thioether (sulfide) groups is 1. The first-order chi connectivity index (χ1) is 14.1. The Morgan fingerprint density at radius 1 is 1.24 bits per heavy atom. The van der Waals surface area contributed by atoms with Crippen molar-refractivity contribution in [2.45, 2.75) is 25.2 Å². The van der Waals surface area contributed by atoms with E-state index in [2.05, 4.69) is 22.1 Å². The zero-order chi connectivity index (χ0) is 20.6. The van der Waals surface area contributed by atoms with Gasteiger partial charge in [-0.05, 0) is 30.7 Å². The summed E-state index contributed by atoms with van der Waals surface area (Å²) in [6.07, 6.45) is 1.76. The summed E-state index contributed by atoms with van der Waals surface area (Å²) in [4.78, 5) is 12.3. The second kappa shape index (κ2) is 10.1. The number of aryl methyl sites for hydroxylation is 1. The van der Waals surface area contributed by atoms with Crippen molar-refractivity contribution in [3.05, 3.63) is 77.6 Å². The molecule has 0 saturated heterocycles. The van der Waals surface area contributed by atoms with E-state index in [-0.39, 0.29) is 18.3 Å². The second-order valence-electron chi connectivity index (χ2n) is 6.17. The lowest BCUT2D eigenvalue weighted by molar-refractivity contribution is -0.113. The summed E-state index contributed by atoms with van der Waals surface area (Å²) in [6, 6.07) is 14.9. The maximum atomic E-state index is 12.3. The van der Waals surface area contributed by atoms with Crippen molar-refractivity contribution < 1.29 is 9.53 Å². The third-order valence-electron chi connectivity index (χ3n) is 4.04. The van der Waals surface area contributed by atoms with Crippen LogP contribution in [0.2, 0.25) is 5.02 Å². The Labute approximate surface area is 178 Å². The van der Waals surface area contributed by atoms with Crippen molar-refractivity contribution in [1.29, 1.82) is 0 Å². The molecule has 2 aromatic carbocycles. The van der Waals surface area contributed by atoms with Crippen LogP contribution in [0, 0.1) is 6.92 Å². The number of carbonyl (C=O) groups is 1. The summed E-state index contributed by atoms with van der Waals surface area (Å²) >= 11 is 7.38. The van der Waals surface area contributed by atoms with Gasteiger partial charge in [-0.2, -0.15) is 0 Å². The van der Waals surface area contributed by atoms with Gasteiger partial charge in [0.25, 0.3) is 0 Å². The monoisotopic (exact) mass is 428 g/mol. The van der Waals surface area contributed by atoms with Gasteiger partial charge in [0.1, 0.15) is 12.4 Å². The lowest BCUT2D eigenvalue weighted by atomic mass is 10.2. The molecule has 6 nitrogen and oxygen atoms in total. The molecule has 0 unspecified atom stereocenters. The van der Waals surface area contributed by atoms with Gasteiger partial charge in [0.2, 0.25) is 5.91 Å². The largest absolute Gasteiger partial charge is 0.485 e. The molecule has 1 N–H and O–H groups in total. The Hall–Kier alpha value is -2.77. The molecule has 0 bridgehead atoms. The molecular weight excluding hydrogens is 408 g/mol. The maximum Gasteiger partial charge on any atom is 0.234 e. The fourth-order valence-electron chi connectivity index (χ4n) is 2.58. The minimum atomic E-state index is -0.172. The molecule has 0 aliphatic carbocycles. The van der Waals surface area contributed by atoms with Gasteiger partial charge >= 0.3 is 0 Å². The Morgan fingerprint density at radius 2 is 2.00 bits per heavy atom.